The van der Waals surface area contributed by atoms with Gasteiger partial charge in [0.2, 0.25) is 0 Å². The lowest BCUT2D eigenvalue weighted by molar-refractivity contribution is -0.129. The summed E-state index contributed by atoms with van der Waals surface area (Å²) in [4.78, 5) is 12.3. The van der Waals surface area contributed by atoms with E-state index in [1.165, 1.54) is 0 Å². The Morgan fingerprint density at radius 3 is 2.68 bits per heavy atom. The van der Waals surface area contributed by atoms with Gasteiger partial charge in [-0.1, -0.05) is 32.9 Å². The number of amides is 1. The van der Waals surface area contributed by atoms with Crippen molar-refractivity contribution in [2.24, 2.45) is 5.92 Å². The van der Waals surface area contributed by atoms with Crippen LogP contribution in [0.15, 0.2) is 24.3 Å². The summed E-state index contributed by atoms with van der Waals surface area (Å²) < 4.78 is 5.75. The van der Waals surface area contributed by atoms with Crippen LogP contribution in [-0.4, -0.2) is 29.8 Å². The van der Waals surface area contributed by atoms with Crippen LogP contribution >= 0.6 is 0 Å². The van der Waals surface area contributed by atoms with Crippen LogP contribution in [0.3, 0.4) is 0 Å². The molecule has 0 saturated carbocycles. The van der Waals surface area contributed by atoms with Crippen LogP contribution in [0.2, 0.25) is 0 Å². The van der Waals surface area contributed by atoms with Gasteiger partial charge in [-0.05, 0) is 30.9 Å². The van der Waals surface area contributed by atoms with Gasteiger partial charge in [0.1, 0.15) is 11.8 Å². The molecule has 2 N–H and O–H groups in total. The van der Waals surface area contributed by atoms with Crippen LogP contribution in [0.25, 0.3) is 0 Å². The largest absolute Gasteiger partial charge is 0.479 e. The fourth-order valence-corrected chi connectivity index (χ4v) is 1.96. The number of para-hydroxylation sites is 1. The number of carbonyl (C=O) groups excluding carboxylic acids is 1. The summed E-state index contributed by atoms with van der Waals surface area (Å²) in [6.07, 6.45) is 0.100. The van der Waals surface area contributed by atoms with E-state index in [1.54, 1.807) is 24.3 Å². The van der Waals surface area contributed by atoms with Crippen molar-refractivity contribution in [1.29, 1.82) is 5.26 Å². The first-order valence-corrected chi connectivity index (χ1v) is 7.61. The van der Waals surface area contributed by atoms with Gasteiger partial charge in [0.15, 0.2) is 6.10 Å². The number of hydrogen-bond acceptors (Lipinski definition) is 4. The molecule has 22 heavy (non-hydrogen) atoms. The Morgan fingerprint density at radius 2 is 2.09 bits per heavy atom. The van der Waals surface area contributed by atoms with Crippen LogP contribution < -0.4 is 10.1 Å². The molecule has 1 rings (SSSR count). The first-order valence-electron chi connectivity index (χ1n) is 7.61. The second-order valence-electron chi connectivity index (χ2n) is 5.53. The highest BCUT2D eigenvalue weighted by Gasteiger charge is 2.25. The van der Waals surface area contributed by atoms with Gasteiger partial charge in [-0.3, -0.25) is 4.79 Å². The smallest absolute Gasteiger partial charge is 0.261 e. The zero-order valence-corrected chi connectivity index (χ0v) is 13.4. The van der Waals surface area contributed by atoms with Crippen molar-refractivity contribution < 1.29 is 14.6 Å². The van der Waals surface area contributed by atoms with E-state index in [1.807, 2.05) is 20.8 Å². The number of ether oxygens (including phenoxy) is 1. The Morgan fingerprint density at radius 1 is 1.41 bits per heavy atom. The summed E-state index contributed by atoms with van der Waals surface area (Å²) in [5.74, 6) is 0.140. The van der Waals surface area contributed by atoms with E-state index in [9.17, 15) is 9.90 Å². The maximum Gasteiger partial charge on any atom is 0.261 e. The second kappa shape index (κ2) is 9.06. The topological polar surface area (TPSA) is 82.3 Å². The average molecular weight is 304 g/mol. The van der Waals surface area contributed by atoms with Crippen molar-refractivity contribution in [3.63, 3.8) is 0 Å². The van der Waals surface area contributed by atoms with Gasteiger partial charge in [0.05, 0.1) is 11.7 Å². The monoisotopic (exact) mass is 304 g/mol. The maximum absolute atomic E-state index is 12.3. The van der Waals surface area contributed by atoms with Crippen LogP contribution in [0.4, 0.5) is 0 Å². The third kappa shape index (κ3) is 5.38. The molecule has 2 atom stereocenters. The fraction of sp³-hybridized carbons (Fsp3) is 0.529. The van der Waals surface area contributed by atoms with Gasteiger partial charge in [0.25, 0.3) is 5.91 Å². The molecule has 1 amide bonds. The number of nitriles is 1. The van der Waals surface area contributed by atoms with Crippen molar-refractivity contribution in [3.05, 3.63) is 29.8 Å². The summed E-state index contributed by atoms with van der Waals surface area (Å²) >= 11 is 0. The molecule has 0 spiro atoms. The van der Waals surface area contributed by atoms with E-state index in [2.05, 4.69) is 11.4 Å². The summed E-state index contributed by atoms with van der Waals surface area (Å²) in [5.41, 5.74) is 0.405. The lowest BCUT2D eigenvalue weighted by Crippen LogP contribution is -2.42. The molecule has 5 heteroatoms. The van der Waals surface area contributed by atoms with Crippen molar-refractivity contribution >= 4 is 5.91 Å². The number of carbonyl (C=O) groups is 1. The van der Waals surface area contributed by atoms with E-state index in [-0.39, 0.29) is 11.8 Å². The minimum Gasteiger partial charge on any atom is -0.479 e. The molecular formula is C17H24N2O3. The quantitative estimate of drug-likeness (QED) is 0.771. The molecule has 0 saturated heterocycles. The van der Waals surface area contributed by atoms with E-state index >= 15 is 0 Å². The SMILES string of the molecule is CCC(O)CCNC(=O)C(Oc1ccccc1C#N)C(C)C. The molecule has 0 aliphatic rings. The molecule has 0 aliphatic carbocycles. The van der Waals surface area contributed by atoms with Crippen molar-refractivity contribution in [2.45, 2.75) is 45.8 Å². The number of hydrogen-bond donors (Lipinski definition) is 2. The Balaban J connectivity index is 2.69. The lowest BCUT2D eigenvalue weighted by atomic mass is 10.1. The van der Waals surface area contributed by atoms with Gasteiger partial charge in [0, 0.05) is 6.54 Å². The highest BCUT2D eigenvalue weighted by atomic mass is 16.5. The highest BCUT2D eigenvalue weighted by Crippen LogP contribution is 2.20. The summed E-state index contributed by atoms with van der Waals surface area (Å²) in [6, 6.07) is 8.91. The Hall–Kier alpha value is -2.06. The standard InChI is InChI=1S/C17H24N2O3/c1-4-14(20)9-10-19-17(21)16(12(2)3)22-15-8-6-5-7-13(15)11-18/h5-8,12,14,16,20H,4,9-10H2,1-3H3,(H,19,21). The number of aliphatic hydroxyl groups is 1. The molecule has 0 fully saturated rings. The number of benzene rings is 1. The maximum atomic E-state index is 12.3. The second-order valence-corrected chi connectivity index (χ2v) is 5.53. The average Bonchev–Trinajstić information content (AvgIpc) is 2.52. The third-order valence-corrected chi connectivity index (χ3v) is 3.37. The van der Waals surface area contributed by atoms with Gasteiger partial charge in [-0.15, -0.1) is 0 Å². The molecule has 0 heterocycles. The molecule has 2 unspecified atom stereocenters. The van der Waals surface area contributed by atoms with Crippen molar-refractivity contribution in [3.8, 4) is 11.8 Å². The predicted octanol–water partition coefficient (Wildman–Crippen LogP) is 2.24. The minimum absolute atomic E-state index is 0.0390. The first kappa shape index (κ1) is 18.0. The Labute approximate surface area is 131 Å². The first-order chi connectivity index (χ1) is 10.5. The number of nitrogens with zero attached hydrogens (tertiary/aromatic N) is 1. The summed E-state index contributed by atoms with van der Waals surface area (Å²) in [6.45, 7) is 6.08. The number of aliphatic hydroxyl groups excluding tert-OH is 1. The van der Waals surface area contributed by atoms with Crippen molar-refractivity contribution in [2.75, 3.05) is 6.54 Å². The number of nitrogens with one attached hydrogen (secondary N) is 1. The van der Waals surface area contributed by atoms with Gasteiger partial charge < -0.3 is 15.2 Å². The zero-order chi connectivity index (χ0) is 16.5. The normalized spacial score (nSPS) is 13.3. The molecule has 0 aliphatic heterocycles. The molecule has 120 valence electrons. The van der Waals surface area contributed by atoms with Crippen LogP contribution in [-0.2, 0) is 4.79 Å². The molecule has 0 aromatic heterocycles. The summed E-state index contributed by atoms with van der Waals surface area (Å²) in [7, 11) is 0. The summed E-state index contributed by atoms with van der Waals surface area (Å²) in [5, 5.41) is 21.4. The number of rotatable bonds is 8. The zero-order valence-electron chi connectivity index (χ0n) is 13.4. The molecular weight excluding hydrogens is 280 g/mol. The Kier molecular flexibility index (Phi) is 7.41. The molecule has 1 aromatic carbocycles. The highest BCUT2D eigenvalue weighted by molar-refractivity contribution is 5.81. The van der Waals surface area contributed by atoms with Gasteiger partial charge in [-0.25, -0.2) is 0 Å². The minimum atomic E-state index is -0.673. The van der Waals surface area contributed by atoms with Crippen LogP contribution in [0, 0.1) is 17.2 Å². The van der Waals surface area contributed by atoms with Crippen molar-refractivity contribution in [1.82, 2.24) is 5.32 Å². The van der Waals surface area contributed by atoms with Gasteiger partial charge in [-0.2, -0.15) is 5.26 Å². The van der Waals surface area contributed by atoms with Gasteiger partial charge >= 0.3 is 0 Å². The van der Waals surface area contributed by atoms with Crippen LogP contribution in [0.1, 0.15) is 39.2 Å². The van der Waals surface area contributed by atoms with E-state index in [0.29, 0.717) is 30.7 Å². The molecule has 0 radical (unpaired) electrons. The fourth-order valence-electron chi connectivity index (χ4n) is 1.96. The predicted molar refractivity (Wildman–Crippen MR) is 84.3 cm³/mol. The molecule has 0 bridgehead atoms. The van der Waals surface area contributed by atoms with E-state index in [4.69, 9.17) is 10.00 Å². The lowest BCUT2D eigenvalue weighted by Gasteiger charge is -2.22. The molecule has 5 nitrogen and oxygen atoms in total. The third-order valence-electron chi connectivity index (χ3n) is 3.37. The van der Waals surface area contributed by atoms with E-state index < -0.39 is 12.2 Å². The van der Waals surface area contributed by atoms with Crippen LogP contribution in [0.5, 0.6) is 5.75 Å². The van der Waals surface area contributed by atoms with E-state index in [0.717, 1.165) is 0 Å². The Bertz CT molecular complexity index is 523. The molecule has 1 aromatic rings.